The molecule has 1 amide bonds. The third kappa shape index (κ3) is 3.34. The van der Waals surface area contributed by atoms with Crippen LogP contribution in [0.2, 0.25) is 0 Å². The summed E-state index contributed by atoms with van der Waals surface area (Å²) in [6.07, 6.45) is -1.54. The average molecular weight is 421 g/mol. The Labute approximate surface area is 173 Å². The highest BCUT2D eigenvalue weighted by molar-refractivity contribution is 5.98. The molecule has 1 N–H and O–H groups in total. The van der Waals surface area contributed by atoms with E-state index in [-0.39, 0.29) is 5.91 Å². The lowest BCUT2D eigenvalue weighted by molar-refractivity contribution is -0.144. The highest BCUT2D eigenvalue weighted by Gasteiger charge is 2.47. The predicted octanol–water partition coefficient (Wildman–Crippen LogP) is 3.41. The Morgan fingerprint density at radius 3 is 2.57 bits per heavy atom. The van der Waals surface area contributed by atoms with Gasteiger partial charge in [-0.15, -0.1) is 0 Å². The predicted molar refractivity (Wildman–Crippen MR) is 107 cm³/mol. The molecule has 2 aromatic rings. The molecule has 162 valence electrons. The van der Waals surface area contributed by atoms with E-state index in [1.165, 1.54) is 10.6 Å². The van der Waals surface area contributed by atoms with Crippen LogP contribution >= 0.6 is 0 Å². The van der Waals surface area contributed by atoms with Crippen molar-refractivity contribution < 1.29 is 18.0 Å². The van der Waals surface area contributed by atoms with Gasteiger partial charge in [0.2, 0.25) is 0 Å². The van der Waals surface area contributed by atoms with Crippen LogP contribution in [-0.2, 0) is 18.3 Å². The van der Waals surface area contributed by atoms with Crippen molar-refractivity contribution in [2.24, 2.45) is 0 Å². The second kappa shape index (κ2) is 7.61. The molecule has 0 bridgehead atoms. The number of amides is 1. The third-order valence-corrected chi connectivity index (χ3v) is 6.40. The number of piperidine rings is 1. The lowest BCUT2D eigenvalue weighted by Crippen LogP contribution is -2.56. The van der Waals surface area contributed by atoms with Gasteiger partial charge < -0.3 is 14.8 Å². The molecule has 6 nitrogen and oxygen atoms in total. The van der Waals surface area contributed by atoms with Gasteiger partial charge in [-0.1, -0.05) is 0 Å². The summed E-state index contributed by atoms with van der Waals surface area (Å²) in [4.78, 5) is 21.3. The fourth-order valence-electron chi connectivity index (χ4n) is 4.80. The number of nitrogens with one attached hydrogen (secondary N) is 1. The molecule has 2 aliphatic rings. The van der Waals surface area contributed by atoms with Gasteiger partial charge in [0.15, 0.2) is 0 Å². The molecule has 30 heavy (non-hydrogen) atoms. The minimum atomic E-state index is -4.37. The standard InChI is InChI=1S/C21H26F3N5O/c1-3-25-18-15(5-4-10-26-18)19(30)28-11-8-20(9-12-28)16-6-7-17(21(22,23)24)29(16)14-13-27(20)2/h4-7,10H,3,8-9,11-14H2,1-2H3,(H,25,26). The summed E-state index contributed by atoms with van der Waals surface area (Å²) >= 11 is 0. The highest BCUT2D eigenvalue weighted by atomic mass is 19.4. The second-order valence-electron chi connectivity index (χ2n) is 7.93. The molecule has 0 atom stereocenters. The number of alkyl halides is 3. The van der Waals surface area contributed by atoms with E-state index in [1.54, 1.807) is 29.3 Å². The Bertz CT molecular complexity index is 931. The quantitative estimate of drug-likeness (QED) is 0.825. The molecular formula is C21H26F3N5O. The molecule has 0 saturated carbocycles. The van der Waals surface area contributed by atoms with Crippen LogP contribution in [0, 0.1) is 0 Å². The highest BCUT2D eigenvalue weighted by Crippen LogP contribution is 2.44. The molecule has 4 rings (SSSR count). The van der Waals surface area contributed by atoms with Gasteiger partial charge >= 0.3 is 6.18 Å². The molecule has 9 heteroatoms. The molecule has 0 radical (unpaired) electrons. The van der Waals surface area contributed by atoms with E-state index in [1.807, 2.05) is 14.0 Å². The van der Waals surface area contributed by atoms with E-state index in [4.69, 9.17) is 0 Å². The summed E-state index contributed by atoms with van der Waals surface area (Å²) in [6.45, 7) is 4.43. The molecule has 1 saturated heterocycles. The maximum absolute atomic E-state index is 13.4. The summed E-state index contributed by atoms with van der Waals surface area (Å²) in [5.74, 6) is 0.461. The Kier molecular flexibility index (Phi) is 5.25. The van der Waals surface area contributed by atoms with Gasteiger partial charge in [0.1, 0.15) is 11.5 Å². The first-order valence-corrected chi connectivity index (χ1v) is 10.2. The number of aromatic nitrogens is 2. The number of likely N-dealkylation sites (tertiary alicyclic amines) is 1. The Hall–Kier alpha value is -2.55. The number of nitrogens with zero attached hydrogens (tertiary/aromatic N) is 4. The number of halogens is 3. The average Bonchev–Trinajstić information content (AvgIpc) is 3.17. The van der Waals surface area contributed by atoms with Gasteiger partial charge in [0.05, 0.1) is 11.1 Å². The normalized spacial score (nSPS) is 19.0. The number of anilines is 1. The van der Waals surface area contributed by atoms with Crippen LogP contribution in [0.4, 0.5) is 19.0 Å². The van der Waals surface area contributed by atoms with Crippen molar-refractivity contribution in [3.05, 3.63) is 47.4 Å². The molecule has 2 aliphatic heterocycles. The summed E-state index contributed by atoms with van der Waals surface area (Å²) in [5, 5.41) is 3.11. The monoisotopic (exact) mass is 421 g/mol. The van der Waals surface area contributed by atoms with E-state index in [0.29, 0.717) is 62.6 Å². The van der Waals surface area contributed by atoms with E-state index in [2.05, 4.69) is 15.2 Å². The number of pyridine rings is 1. The first-order chi connectivity index (χ1) is 14.3. The van der Waals surface area contributed by atoms with Crippen LogP contribution in [0.5, 0.6) is 0 Å². The summed E-state index contributed by atoms with van der Waals surface area (Å²) < 4.78 is 41.7. The van der Waals surface area contributed by atoms with E-state index in [0.717, 1.165) is 0 Å². The van der Waals surface area contributed by atoms with Crippen molar-refractivity contribution in [2.75, 3.05) is 38.5 Å². The SMILES string of the molecule is CCNc1ncccc1C(=O)N1CCC2(CC1)c1ccc(C(F)(F)F)n1CCN2C. The Balaban J connectivity index is 1.58. The smallest absolute Gasteiger partial charge is 0.370 e. The van der Waals surface area contributed by atoms with Gasteiger partial charge in [0.25, 0.3) is 5.91 Å². The topological polar surface area (TPSA) is 53.4 Å². The number of carbonyl (C=O) groups excluding carboxylic acids is 1. The van der Waals surface area contributed by atoms with E-state index < -0.39 is 17.4 Å². The molecule has 1 fully saturated rings. The largest absolute Gasteiger partial charge is 0.431 e. The van der Waals surface area contributed by atoms with Crippen LogP contribution in [0.15, 0.2) is 30.5 Å². The number of carbonyl (C=O) groups is 1. The first kappa shape index (κ1) is 20.7. The minimum Gasteiger partial charge on any atom is -0.370 e. The number of fused-ring (bicyclic) bond motifs is 2. The number of hydrogen-bond donors (Lipinski definition) is 1. The zero-order valence-corrected chi connectivity index (χ0v) is 17.2. The van der Waals surface area contributed by atoms with Crippen molar-refractivity contribution in [1.82, 2.24) is 19.4 Å². The van der Waals surface area contributed by atoms with Crippen molar-refractivity contribution in [3.8, 4) is 0 Å². The molecule has 0 aromatic carbocycles. The van der Waals surface area contributed by atoms with Gasteiger partial charge in [-0.2, -0.15) is 13.2 Å². The maximum Gasteiger partial charge on any atom is 0.431 e. The zero-order chi connectivity index (χ0) is 21.5. The van der Waals surface area contributed by atoms with Crippen LogP contribution in [0.3, 0.4) is 0 Å². The second-order valence-corrected chi connectivity index (χ2v) is 7.93. The fourth-order valence-corrected chi connectivity index (χ4v) is 4.80. The molecule has 1 spiro atoms. The fraction of sp³-hybridized carbons (Fsp3) is 0.524. The number of likely N-dealkylation sites (N-methyl/N-ethyl adjacent to an activating group) is 1. The molecule has 0 unspecified atom stereocenters. The van der Waals surface area contributed by atoms with Crippen molar-refractivity contribution in [2.45, 2.75) is 38.0 Å². The lowest BCUT2D eigenvalue weighted by Gasteiger charge is -2.50. The molecule has 2 aromatic heterocycles. The zero-order valence-electron chi connectivity index (χ0n) is 17.2. The summed E-state index contributed by atoms with van der Waals surface area (Å²) in [7, 11) is 1.96. The van der Waals surface area contributed by atoms with Crippen LogP contribution < -0.4 is 5.32 Å². The lowest BCUT2D eigenvalue weighted by atomic mass is 9.81. The summed E-state index contributed by atoms with van der Waals surface area (Å²) in [6, 6.07) is 6.29. The van der Waals surface area contributed by atoms with Crippen molar-refractivity contribution >= 4 is 11.7 Å². The first-order valence-electron chi connectivity index (χ1n) is 10.2. The number of hydrogen-bond acceptors (Lipinski definition) is 4. The van der Waals surface area contributed by atoms with Crippen molar-refractivity contribution in [3.63, 3.8) is 0 Å². The van der Waals surface area contributed by atoms with Crippen LogP contribution in [0.1, 0.15) is 41.5 Å². The van der Waals surface area contributed by atoms with Crippen LogP contribution in [0.25, 0.3) is 0 Å². The van der Waals surface area contributed by atoms with Crippen molar-refractivity contribution in [1.29, 1.82) is 0 Å². The third-order valence-electron chi connectivity index (χ3n) is 6.40. The van der Waals surface area contributed by atoms with E-state index >= 15 is 0 Å². The summed E-state index contributed by atoms with van der Waals surface area (Å²) in [5.41, 5.74) is 0.146. The van der Waals surface area contributed by atoms with E-state index in [9.17, 15) is 18.0 Å². The minimum absolute atomic E-state index is 0.0984. The van der Waals surface area contributed by atoms with Gasteiger partial charge in [0, 0.05) is 44.6 Å². The van der Waals surface area contributed by atoms with Gasteiger partial charge in [-0.05, 0) is 51.1 Å². The molecular weight excluding hydrogens is 395 g/mol. The molecule has 0 aliphatic carbocycles. The number of rotatable bonds is 3. The Morgan fingerprint density at radius 2 is 1.90 bits per heavy atom. The van der Waals surface area contributed by atoms with Gasteiger partial charge in [-0.25, -0.2) is 4.98 Å². The Morgan fingerprint density at radius 1 is 1.17 bits per heavy atom. The maximum atomic E-state index is 13.4. The molecule has 4 heterocycles. The van der Waals surface area contributed by atoms with Crippen LogP contribution in [-0.4, -0.2) is 58.5 Å². The van der Waals surface area contributed by atoms with Gasteiger partial charge in [-0.3, -0.25) is 9.69 Å².